The highest BCUT2D eigenvalue weighted by Crippen LogP contribution is 2.24. The molecule has 2 rings (SSSR count). The minimum atomic E-state index is 1.16. The van der Waals surface area contributed by atoms with Crippen molar-refractivity contribution in [2.24, 2.45) is 0 Å². The first-order valence-electron chi connectivity index (χ1n) is 6.59. The number of fused-ring (bicyclic) bond motifs is 1. The van der Waals surface area contributed by atoms with Gasteiger partial charge < -0.3 is 0 Å². The van der Waals surface area contributed by atoms with Crippen molar-refractivity contribution in [3.05, 3.63) is 28.8 Å². The van der Waals surface area contributed by atoms with Gasteiger partial charge in [0.05, 0.1) is 0 Å². The maximum Gasteiger partial charge on any atom is 0.123 e. The van der Waals surface area contributed by atoms with Gasteiger partial charge in [-0.1, -0.05) is 41.5 Å². The first-order chi connectivity index (χ1) is 8.27. The second-order valence-corrected chi connectivity index (χ2v) is 3.94. The van der Waals surface area contributed by atoms with E-state index in [2.05, 4.69) is 31.0 Å². The molecule has 0 fully saturated rings. The molecule has 1 nitrogen and oxygen atoms in total. The van der Waals surface area contributed by atoms with E-state index < -0.39 is 0 Å². The predicted molar refractivity (Wildman–Crippen MR) is 83.1 cm³/mol. The van der Waals surface area contributed by atoms with Crippen molar-refractivity contribution >= 4 is 21.6 Å². The second kappa shape index (κ2) is 11.6. The van der Waals surface area contributed by atoms with Gasteiger partial charge in [0.2, 0.25) is 0 Å². The van der Waals surface area contributed by atoms with Crippen LogP contribution in [0.1, 0.15) is 52.0 Å². The van der Waals surface area contributed by atoms with Gasteiger partial charge in [-0.2, -0.15) is 0 Å². The molecule has 0 aromatic carbocycles. The van der Waals surface area contributed by atoms with E-state index in [-0.39, 0.29) is 0 Å². The zero-order chi connectivity index (χ0) is 13.8. The lowest BCUT2D eigenvalue weighted by atomic mass is 10.2. The summed E-state index contributed by atoms with van der Waals surface area (Å²) in [5.74, 6) is 0. The number of aryl methyl sites for hydroxylation is 2. The minimum Gasteiger partial charge on any atom is -0.245 e. The summed E-state index contributed by atoms with van der Waals surface area (Å²) >= 11 is 1.76. The quantitative estimate of drug-likeness (QED) is 0.562. The van der Waals surface area contributed by atoms with Crippen LogP contribution in [0.15, 0.2) is 18.3 Å². The summed E-state index contributed by atoms with van der Waals surface area (Å²) in [6.07, 6.45) is 1.87. The van der Waals surface area contributed by atoms with E-state index in [9.17, 15) is 0 Å². The Morgan fingerprint density at radius 1 is 0.941 bits per heavy atom. The predicted octanol–water partition coefficient (Wildman–Crippen LogP) is 5.99. The molecular formula is C15H27NS. The van der Waals surface area contributed by atoms with Crippen LogP contribution >= 0.6 is 11.3 Å². The molecule has 0 aliphatic rings. The Balaban J connectivity index is 0. The highest BCUT2D eigenvalue weighted by Gasteiger charge is 2.00. The van der Waals surface area contributed by atoms with Crippen LogP contribution in [-0.2, 0) is 0 Å². The molecule has 0 aliphatic carbocycles. The monoisotopic (exact) mass is 253 g/mol. The maximum absolute atomic E-state index is 4.28. The molecule has 0 atom stereocenters. The van der Waals surface area contributed by atoms with Crippen molar-refractivity contribution in [1.82, 2.24) is 4.98 Å². The van der Waals surface area contributed by atoms with E-state index in [0.717, 1.165) is 4.83 Å². The lowest BCUT2D eigenvalue weighted by molar-refractivity contribution is 1.40. The zero-order valence-electron chi connectivity index (χ0n) is 12.6. The van der Waals surface area contributed by atoms with E-state index in [0.29, 0.717) is 0 Å². The van der Waals surface area contributed by atoms with E-state index in [1.807, 2.05) is 47.7 Å². The Hall–Kier alpha value is -0.890. The summed E-state index contributed by atoms with van der Waals surface area (Å²) < 4.78 is 0. The average Bonchev–Trinajstić information content (AvgIpc) is 2.79. The Bertz CT molecular complexity index is 391. The first-order valence-corrected chi connectivity index (χ1v) is 7.41. The third kappa shape index (κ3) is 5.83. The summed E-state index contributed by atoms with van der Waals surface area (Å²) in [7, 11) is 0. The number of pyridine rings is 1. The number of hydrogen-bond donors (Lipinski definition) is 0. The smallest absolute Gasteiger partial charge is 0.123 e. The summed E-state index contributed by atoms with van der Waals surface area (Å²) in [6.45, 7) is 16.2. The van der Waals surface area contributed by atoms with Gasteiger partial charge in [0.25, 0.3) is 0 Å². The lowest BCUT2D eigenvalue weighted by Gasteiger charge is -1.90. The molecule has 2 heterocycles. The Morgan fingerprint density at radius 2 is 1.47 bits per heavy atom. The van der Waals surface area contributed by atoms with Crippen LogP contribution < -0.4 is 0 Å². The van der Waals surface area contributed by atoms with Crippen LogP contribution in [0, 0.1) is 13.8 Å². The number of rotatable bonds is 0. The van der Waals surface area contributed by atoms with Crippen LogP contribution in [-0.4, -0.2) is 4.98 Å². The molecule has 98 valence electrons. The molecule has 17 heavy (non-hydrogen) atoms. The number of aromatic nitrogens is 1. The Morgan fingerprint density at radius 3 is 1.94 bits per heavy atom. The van der Waals surface area contributed by atoms with Crippen molar-refractivity contribution in [3.63, 3.8) is 0 Å². The van der Waals surface area contributed by atoms with Crippen LogP contribution in [0.4, 0.5) is 0 Å². The average molecular weight is 253 g/mol. The normalized spacial score (nSPS) is 8.00. The summed E-state index contributed by atoms with van der Waals surface area (Å²) in [4.78, 5) is 6.77. The number of thiophene rings is 1. The van der Waals surface area contributed by atoms with Gasteiger partial charge in [-0.15, -0.1) is 11.3 Å². The van der Waals surface area contributed by atoms with Crippen molar-refractivity contribution in [2.75, 3.05) is 0 Å². The van der Waals surface area contributed by atoms with Gasteiger partial charge in [-0.05, 0) is 31.5 Å². The topological polar surface area (TPSA) is 12.9 Å². The molecule has 0 radical (unpaired) electrons. The van der Waals surface area contributed by atoms with Crippen molar-refractivity contribution in [2.45, 2.75) is 55.4 Å². The van der Waals surface area contributed by atoms with Gasteiger partial charge in [0, 0.05) is 16.5 Å². The molecule has 0 N–H and O–H groups in total. The fourth-order valence-electron chi connectivity index (χ4n) is 1.19. The van der Waals surface area contributed by atoms with Crippen molar-refractivity contribution in [1.29, 1.82) is 0 Å². The molecular weight excluding hydrogens is 226 g/mol. The van der Waals surface area contributed by atoms with Gasteiger partial charge in [-0.25, -0.2) is 4.98 Å². The molecule has 0 amide bonds. The van der Waals surface area contributed by atoms with Crippen molar-refractivity contribution < 1.29 is 0 Å². The molecule has 0 bridgehead atoms. The van der Waals surface area contributed by atoms with E-state index in [1.165, 1.54) is 15.8 Å². The number of hydrogen-bond acceptors (Lipinski definition) is 2. The first kappa shape index (κ1) is 18.5. The SMILES string of the molecule is CC.CC.CC.Cc1cc2c(C)ccnc2s1. The van der Waals surface area contributed by atoms with Crippen LogP contribution in [0.5, 0.6) is 0 Å². The maximum atomic E-state index is 4.28. The second-order valence-electron chi connectivity index (χ2n) is 2.70. The van der Waals surface area contributed by atoms with Crippen LogP contribution in [0.3, 0.4) is 0 Å². The van der Waals surface area contributed by atoms with Crippen molar-refractivity contribution in [3.8, 4) is 0 Å². The van der Waals surface area contributed by atoms with Gasteiger partial charge in [0.1, 0.15) is 4.83 Å². The highest BCUT2D eigenvalue weighted by molar-refractivity contribution is 7.18. The van der Waals surface area contributed by atoms with Gasteiger partial charge in [0.15, 0.2) is 0 Å². The van der Waals surface area contributed by atoms with E-state index in [1.54, 1.807) is 11.3 Å². The largest absolute Gasteiger partial charge is 0.245 e. The number of nitrogens with zero attached hydrogens (tertiary/aromatic N) is 1. The summed E-state index contributed by atoms with van der Waals surface area (Å²) in [5, 5.41) is 1.30. The van der Waals surface area contributed by atoms with Gasteiger partial charge in [-0.3, -0.25) is 0 Å². The minimum absolute atomic E-state index is 1.16. The van der Waals surface area contributed by atoms with E-state index in [4.69, 9.17) is 0 Å². The zero-order valence-corrected chi connectivity index (χ0v) is 13.4. The molecule has 2 aromatic heterocycles. The van der Waals surface area contributed by atoms with Crippen LogP contribution in [0.2, 0.25) is 0 Å². The Labute approximate surface area is 111 Å². The fourth-order valence-corrected chi connectivity index (χ4v) is 2.11. The van der Waals surface area contributed by atoms with E-state index >= 15 is 0 Å². The molecule has 2 heteroatoms. The molecule has 0 saturated carbocycles. The molecule has 2 aromatic rings. The Kier molecular flexibility index (Phi) is 12.6. The standard InChI is InChI=1S/C9H9NS.3C2H6/c1-6-3-4-10-9-8(6)5-7(2)11-9;3*1-2/h3-5H,1-2H3;3*1-2H3. The summed E-state index contributed by atoms with van der Waals surface area (Å²) in [5.41, 5.74) is 1.32. The van der Waals surface area contributed by atoms with Crippen LogP contribution in [0.25, 0.3) is 10.2 Å². The third-order valence-corrected chi connectivity index (χ3v) is 2.74. The fraction of sp³-hybridized carbons (Fsp3) is 0.533. The molecule has 0 aliphatic heterocycles. The molecule has 0 spiro atoms. The molecule has 0 saturated heterocycles. The van der Waals surface area contributed by atoms with Gasteiger partial charge >= 0.3 is 0 Å². The highest BCUT2D eigenvalue weighted by atomic mass is 32.1. The lowest BCUT2D eigenvalue weighted by Crippen LogP contribution is -1.74. The molecule has 0 unspecified atom stereocenters. The summed E-state index contributed by atoms with van der Waals surface area (Å²) in [6, 6.07) is 4.25. The third-order valence-electron chi connectivity index (χ3n) is 1.78.